The summed E-state index contributed by atoms with van der Waals surface area (Å²) >= 11 is 3.47. The Morgan fingerprint density at radius 1 is 1.16 bits per heavy atom. The van der Waals surface area contributed by atoms with Crippen molar-refractivity contribution in [1.82, 2.24) is 0 Å². The van der Waals surface area contributed by atoms with E-state index < -0.39 is 0 Å². The van der Waals surface area contributed by atoms with Crippen molar-refractivity contribution in [3.8, 4) is 11.5 Å². The Balaban J connectivity index is 2.11. The second-order valence-electron chi connectivity index (χ2n) is 3.94. The van der Waals surface area contributed by atoms with E-state index in [0.717, 1.165) is 22.1 Å². The average Bonchev–Trinajstić information content (AvgIpc) is 2.46. The van der Waals surface area contributed by atoms with Crippen LogP contribution < -0.4 is 9.47 Å². The highest BCUT2D eigenvalue weighted by molar-refractivity contribution is 9.10. The maximum atomic E-state index is 10.7. The molecule has 0 aliphatic heterocycles. The van der Waals surface area contributed by atoms with Gasteiger partial charge in [0, 0.05) is 15.6 Å². The summed E-state index contributed by atoms with van der Waals surface area (Å²) < 4.78 is 11.8. The predicted molar refractivity (Wildman–Crippen MR) is 76.9 cm³/mol. The van der Waals surface area contributed by atoms with E-state index in [2.05, 4.69) is 15.9 Å². The molecule has 0 saturated heterocycles. The molecule has 19 heavy (non-hydrogen) atoms. The summed E-state index contributed by atoms with van der Waals surface area (Å²) in [6.45, 7) is 0.403. The lowest BCUT2D eigenvalue weighted by Gasteiger charge is -2.09. The van der Waals surface area contributed by atoms with E-state index in [1.807, 2.05) is 24.3 Å². The van der Waals surface area contributed by atoms with Crippen molar-refractivity contribution in [1.29, 1.82) is 0 Å². The Bertz CT molecular complexity index is 581. The van der Waals surface area contributed by atoms with E-state index in [1.54, 1.807) is 25.3 Å². The smallest absolute Gasteiger partial charge is 0.150 e. The third kappa shape index (κ3) is 3.58. The Labute approximate surface area is 120 Å². The number of carbonyl (C=O) groups excluding carboxylic acids is 1. The van der Waals surface area contributed by atoms with Gasteiger partial charge in [0.15, 0.2) is 0 Å². The molecule has 0 amide bonds. The first-order valence-electron chi connectivity index (χ1n) is 5.73. The van der Waals surface area contributed by atoms with Gasteiger partial charge < -0.3 is 9.47 Å². The maximum Gasteiger partial charge on any atom is 0.150 e. The number of benzene rings is 2. The van der Waals surface area contributed by atoms with Crippen molar-refractivity contribution < 1.29 is 14.3 Å². The lowest BCUT2D eigenvalue weighted by Crippen LogP contribution is -1.97. The van der Waals surface area contributed by atoms with Crippen molar-refractivity contribution in [2.24, 2.45) is 0 Å². The Hall–Kier alpha value is -1.81. The van der Waals surface area contributed by atoms with Gasteiger partial charge in [-0.1, -0.05) is 28.1 Å². The number of carbonyl (C=O) groups is 1. The lowest BCUT2D eigenvalue weighted by molar-refractivity contribution is 0.112. The summed E-state index contributed by atoms with van der Waals surface area (Å²) in [6.07, 6.45) is 0.800. The molecular weight excluding hydrogens is 308 g/mol. The fourth-order valence-electron chi connectivity index (χ4n) is 1.63. The van der Waals surface area contributed by atoms with Gasteiger partial charge in [0.1, 0.15) is 24.4 Å². The number of hydrogen-bond acceptors (Lipinski definition) is 3. The molecule has 0 unspecified atom stereocenters. The highest BCUT2D eigenvalue weighted by atomic mass is 79.9. The molecular formula is C15H13BrO3. The molecule has 0 atom stereocenters. The predicted octanol–water partition coefficient (Wildman–Crippen LogP) is 3.85. The molecule has 0 radical (unpaired) electrons. The number of aldehydes is 1. The van der Waals surface area contributed by atoms with E-state index in [0.29, 0.717) is 17.9 Å². The molecule has 0 heterocycles. The van der Waals surface area contributed by atoms with E-state index in [1.165, 1.54) is 0 Å². The fourth-order valence-corrected chi connectivity index (χ4v) is 1.99. The normalized spacial score (nSPS) is 10.0. The first kappa shape index (κ1) is 13.6. The molecule has 2 aromatic carbocycles. The van der Waals surface area contributed by atoms with Crippen molar-refractivity contribution in [2.75, 3.05) is 7.11 Å². The maximum absolute atomic E-state index is 10.7. The zero-order valence-electron chi connectivity index (χ0n) is 10.4. The Morgan fingerprint density at radius 3 is 2.74 bits per heavy atom. The molecule has 0 aliphatic rings. The molecule has 0 bridgehead atoms. The zero-order valence-corrected chi connectivity index (χ0v) is 12.0. The van der Waals surface area contributed by atoms with Crippen LogP contribution in [0.25, 0.3) is 0 Å². The van der Waals surface area contributed by atoms with Crippen LogP contribution in [-0.2, 0) is 6.61 Å². The molecule has 4 heteroatoms. The largest absolute Gasteiger partial charge is 0.497 e. The molecule has 0 saturated carbocycles. The second kappa shape index (κ2) is 6.38. The minimum Gasteiger partial charge on any atom is -0.497 e. The SMILES string of the molecule is COc1ccc(Br)c(COc2cccc(C=O)c2)c1. The van der Waals surface area contributed by atoms with Gasteiger partial charge in [-0.3, -0.25) is 4.79 Å². The molecule has 0 N–H and O–H groups in total. The van der Waals surface area contributed by atoms with E-state index in [9.17, 15) is 4.79 Å². The van der Waals surface area contributed by atoms with Crippen LogP contribution in [0.5, 0.6) is 11.5 Å². The first-order valence-corrected chi connectivity index (χ1v) is 6.52. The molecule has 0 fully saturated rings. The fraction of sp³-hybridized carbons (Fsp3) is 0.133. The number of halogens is 1. The minimum atomic E-state index is 0.403. The average molecular weight is 321 g/mol. The summed E-state index contributed by atoms with van der Waals surface area (Å²) in [5.41, 5.74) is 1.58. The zero-order chi connectivity index (χ0) is 13.7. The van der Waals surface area contributed by atoms with Crippen molar-refractivity contribution in [2.45, 2.75) is 6.61 Å². The Kier molecular flexibility index (Phi) is 4.58. The number of rotatable bonds is 5. The van der Waals surface area contributed by atoms with Gasteiger partial charge in [0.25, 0.3) is 0 Å². The topological polar surface area (TPSA) is 35.5 Å². The molecule has 3 nitrogen and oxygen atoms in total. The summed E-state index contributed by atoms with van der Waals surface area (Å²) in [4.78, 5) is 10.7. The second-order valence-corrected chi connectivity index (χ2v) is 4.79. The van der Waals surface area contributed by atoms with Crippen LogP contribution in [0.15, 0.2) is 46.9 Å². The van der Waals surface area contributed by atoms with Crippen LogP contribution in [0.2, 0.25) is 0 Å². The van der Waals surface area contributed by atoms with E-state index in [-0.39, 0.29) is 0 Å². The Morgan fingerprint density at radius 2 is 2.00 bits per heavy atom. The quantitative estimate of drug-likeness (QED) is 0.785. The monoisotopic (exact) mass is 320 g/mol. The first-order chi connectivity index (χ1) is 9.22. The molecule has 2 rings (SSSR count). The van der Waals surface area contributed by atoms with E-state index >= 15 is 0 Å². The molecule has 2 aromatic rings. The third-order valence-corrected chi connectivity index (χ3v) is 3.42. The molecule has 0 aromatic heterocycles. The van der Waals surface area contributed by atoms with Crippen LogP contribution in [0.4, 0.5) is 0 Å². The standard InChI is InChI=1S/C15H13BrO3/c1-18-13-5-6-15(16)12(8-13)10-19-14-4-2-3-11(7-14)9-17/h2-9H,10H2,1H3. The van der Waals surface area contributed by atoms with Gasteiger partial charge in [0.2, 0.25) is 0 Å². The van der Waals surface area contributed by atoms with Crippen LogP contribution >= 0.6 is 15.9 Å². The molecule has 0 spiro atoms. The van der Waals surface area contributed by atoms with Crippen LogP contribution in [0.3, 0.4) is 0 Å². The summed E-state index contributed by atoms with van der Waals surface area (Å²) in [7, 11) is 1.63. The van der Waals surface area contributed by atoms with Crippen LogP contribution in [0, 0.1) is 0 Å². The summed E-state index contributed by atoms with van der Waals surface area (Å²) in [5, 5.41) is 0. The third-order valence-electron chi connectivity index (χ3n) is 2.64. The van der Waals surface area contributed by atoms with Gasteiger partial charge in [-0.15, -0.1) is 0 Å². The number of ether oxygens (including phenoxy) is 2. The van der Waals surface area contributed by atoms with Gasteiger partial charge in [-0.05, 0) is 30.3 Å². The van der Waals surface area contributed by atoms with Gasteiger partial charge in [-0.25, -0.2) is 0 Å². The van der Waals surface area contributed by atoms with Gasteiger partial charge in [0.05, 0.1) is 7.11 Å². The van der Waals surface area contributed by atoms with Crippen LogP contribution in [0.1, 0.15) is 15.9 Å². The van der Waals surface area contributed by atoms with Crippen molar-refractivity contribution in [3.05, 3.63) is 58.1 Å². The summed E-state index contributed by atoms with van der Waals surface area (Å²) in [6, 6.07) is 12.8. The lowest BCUT2D eigenvalue weighted by atomic mass is 10.2. The molecule has 0 aliphatic carbocycles. The van der Waals surface area contributed by atoms with Gasteiger partial charge >= 0.3 is 0 Å². The molecule has 98 valence electrons. The number of hydrogen-bond donors (Lipinski definition) is 0. The van der Waals surface area contributed by atoms with E-state index in [4.69, 9.17) is 9.47 Å². The van der Waals surface area contributed by atoms with Crippen molar-refractivity contribution >= 4 is 22.2 Å². The summed E-state index contributed by atoms with van der Waals surface area (Å²) in [5.74, 6) is 1.45. The number of methoxy groups -OCH3 is 1. The van der Waals surface area contributed by atoms with Crippen molar-refractivity contribution in [3.63, 3.8) is 0 Å². The van der Waals surface area contributed by atoms with Gasteiger partial charge in [-0.2, -0.15) is 0 Å². The minimum absolute atomic E-state index is 0.403. The highest BCUT2D eigenvalue weighted by Crippen LogP contribution is 2.24. The highest BCUT2D eigenvalue weighted by Gasteiger charge is 2.04. The van der Waals surface area contributed by atoms with Crippen LogP contribution in [-0.4, -0.2) is 13.4 Å².